The molecule has 1 aliphatic rings. The lowest BCUT2D eigenvalue weighted by molar-refractivity contribution is 0.197. The zero-order valence-electron chi connectivity index (χ0n) is 13.6. The van der Waals surface area contributed by atoms with Gasteiger partial charge in [-0.15, -0.1) is 0 Å². The highest BCUT2D eigenvalue weighted by Crippen LogP contribution is 2.24. The molecule has 1 atom stereocenters. The fraction of sp³-hybridized carbons (Fsp3) is 0.333. The number of likely N-dealkylation sites (tertiary alicyclic amines) is 1. The van der Waals surface area contributed by atoms with Gasteiger partial charge in [-0.1, -0.05) is 48.1 Å². The van der Waals surface area contributed by atoms with Crippen molar-refractivity contribution in [3.63, 3.8) is 0 Å². The van der Waals surface area contributed by atoms with Gasteiger partial charge in [0.1, 0.15) is 5.82 Å². The first-order chi connectivity index (χ1) is 11.2. The molecule has 2 aromatic carbocycles. The molecule has 1 unspecified atom stereocenters. The van der Waals surface area contributed by atoms with E-state index in [2.05, 4.69) is 47.9 Å². The molecular formula is C21H22FN. The van der Waals surface area contributed by atoms with Crippen LogP contribution in [0.15, 0.2) is 48.5 Å². The third-order valence-electron chi connectivity index (χ3n) is 4.35. The number of nitrogens with zero attached hydrogens (tertiary/aromatic N) is 1. The summed E-state index contributed by atoms with van der Waals surface area (Å²) in [7, 11) is 0. The summed E-state index contributed by atoms with van der Waals surface area (Å²) in [5.74, 6) is 6.51. The Kier molecular flexibility index (Phi) is 5.10. The van der Waals surface area contributed by atoms with Gasteiger partial charge < -0.3 is 0 Å². The highest BCUT2D eigenvalue weighted by Gasteiger charge is 2.20. The normalized spacial score (nSPS) is 16.4. The Balaban J connectivity index is 1.88. The van der Waals surface area contributed by atoms with Crippen molar-refractivity contribution in [3.05, 3.63) is 71.0 Å². The van der Waals surface area contributed by atoms with Gasteiger partial charge in [0.05, 0.1) is 6.04 Å². The van der Waals surface area contributed by atoms with E-state index < -0.39 is 0 Å². The summed E-state index contributed by atoms with van der Waals surface area (Å²) in [6, 6.07) is 15.1. The van der Waals surface area contributed by atoms with Gasteiger partial charge in [0, 0.05) is 5.56 Å². The fourth-order valence-electron chi connectivity index (χ4n) is 3.00. The van der Waals surface area contributed by atoms with Gasteiger partial charge in [0.25, 0.3) is 0 Å². The molecule has 0 aliphatic carbocycles. The van der Waals surface area contributed by atoms with Crippen LogP contribution in [0.2, 0.25) is 0 Å². The molecule has 1 saturated heterocycles. The lowest BCUT2D eigenvalue weighted by Crippen LogP contribution is -2.33. The lowest BCUT2D eigenvalue weighted by Gasteiger charge is -2.31. The van der Waals surface area contributed by atoms with E-state index in [4.69, 9.17) is 0 Å². The Morgan fingerprint density at radius 3 is 2.22 bits per heavy atom. The minimum absolute atomic E-state index is 0.0391. The first-order valence-corrected chi connectivity index (χ1v) is 8.30. The Morgan fingerprint density at radius 1 is 0.913 bits per heavy atom. The van der Waals surface area contributed by atoms with Crippen molar-refractivity contribution < 1.29 is 4.39 Å². The summed E-state index contributed by atoms with van der Waals surface area (Å²) >= 11 is 0. The van der Waals surface area contributed by atoms with Gasteiger partial charge in [-0.3, -0.25) is 4.90 Å². The summed E-state index contributed by atoms with van der Waals surface area (Å²) < 4.78 is 13.2. The van der Waals surface area contributed by atoms with Crippen LogP contribution in [0.3, 0.4) is 0 Å². The maximum absolute atomic E-state index is 13.2. The number of piperidine rings is 1. The predicted molar refractivity (Wildman–Crippen MR) is 92.6 cm³/mol. The quantitative estimate of drug-likeness (QED) is 0.726. The monoisotopic (exact) mass is 307 g/mol. The van der Waals surface area contributed by atoms with Gasteiger partial charge >= 0.3 is 0 Å². The van der Waals surface area contributed by atoms with Crippen molar-refractivity contribution >= 4 is 0 Å². The second-order valence-electron chi connectivity index (χ2n) is 6.19. The molecule has 1 nitrogen and oxygen atoms in total. The number of benzene rings is 2. The minimum Gasteiger partial charge on any atom is -0.286 e. The third-order valence-corrected chi connectivity index (χ3v) is 4.35. The zero-order valence-corrected chi connectivity index (χ0v) is 13.6. The molecule has 118 valence electrons. The smallest absolute Gasteiger partial charge is 0.123 e. The number of rotatable bonds is 2. The van der Waals surface area contributed by atoms with Crippen LogP contribution < -0.4 is 0 Å². The van der Waals surface area contributed by atoms with Crippen LogP contribution in [0.5, 0.6) is 0 Å². The van der Waals surface area contributed by atoms with Crippen LogP contribution in [0.4, 0.5) is 4.39 Å². The summed E-state index contributed by atoms with van der Waals surface area (Å²) in [6.45, 7) is 4.20. The third kappa shape index (κ3) is 4.21. The van der Waals surface area contributed by atoms with Crippen LogP contribution in [-0.2, 0) is 0 Å². The van der Waals surface area contributed by atoms with E-state index >= 15 is 0 Å². The molecule has 23 heavy (non-hydrogen) atoms. The molecule has 0 amide bonds. The Morgan fingerprint density at radius 2 is 1.57 bits per heavy atom. The molecule has 1 aliphatic heterocycles. The standard InChI is InChI=1S/C21H22FN/c1-17-5-7-18(8-6-17)9-14-21(23-15-3-2-4-16-23)19-10-12-20(22)13-11-19/h5-8,10-13,21H,2-4,15-16H2,1H3. The van der Waals surface area contributed by atoms with Gasteiger partial charge in [-0.25, -0.2) is 4.39 Å². The predicted octanol–water partition coefficient (Wildman–Crippen LogP) is 4.71. The Bertz CT molecular complexity index is 685. The first kappa shape index (κ1) is 15.8. The SMILES string of the molecule is Cc1ccc(C#CC(c2ccc(F)cc2)N2CCCCC2)cc1. The van der Waals surface area contributed by atoms with Crippen LogP contribution in [-0.4, -0.2) is 18.0 Å². The number of hydrogen-bond donors (Lipinski definition) is 0. The van der Waals surface area contributed by atoms with E-state index in [0.717, 1.165) is 24.2 Å². The fourth-order valence-corrected chi connectivity index (χ4v) is 3.00. The largest absolute Gasteiger partial charge is 0.286 e. The van der Waals surface area contributed by atoms with E-state index in [1.54, 1.807) is 0 Å². The second kappa shape index (κ2) is 7.44. The van der Waals surface area contributed by atoms with E-state index in [1.165, 1.54) is 37.0 Å². The van der Waals surface area contributed by atoms with Crippen LogP contribution in [0.25, 0.3) is 0 Å². The molecule has 0 N–H and O–H groups in total. The Hall–Kier alpha value is -2.11. The van der Waals surface area contributed by atoms with Gasteiger partial charge in [0.15, 0.2) is 0 Å². The molecule has 0 bridgehead atoms. The molecule has 0 saturated carbocycles. The van der Waals surface area contributed by atoms with Crippen LogP contribution in [0, 0.1) is 24.6 Å². The molecule has 0 spiro atoms. The Labute approximate surface area is 138 Å². The average Bonchev–Trinajstić information content (AvgIpc) is 2.59. The van der Waals surface area contributed by atoms with Crippen molar-refractivity contribution in [2.75, 3.05) is 13.1 Å². The van der Waals surface area contributed by atoms with E-state index in [0.29, 0.717) is 0 Å². The maximum Gasteiger partial charge on any atom is 0.123 e. The molecule has 3 rings (SSSR count). The number of halogens is 1. The highest BCUT2D eigenvalue weighted by atomic mass is 19.1. The second-order valence-corrected chi connectivity index (χ2v) is 6.19. The van der Waals surface area contributed by atoms with E-state index in [-0.39, 0.29) is 11.9 Å². The molecular weight excluding hydrogens is 285 g/mol. The zero-order chi connectivity index (χ0) is 16.1. The highest BCUT2D eigenvalue weighted by molar-refractivity contribution is 5.39. The molecule has 0 aromatic heterocycles. The number of hydrogen-bond acceptors (Lipinski definition) is 1. The molecule has 1 heterocycles. The summed E-state index contributed by atoms with van der Waals surface area (Å²) in [6.07, 6.45) is 3.71. The van der Waals surface area contributed by atoms with Crippen molar-refractivity contribution in [1.29, 1.82) is 0 Å². The van der Waals surface area contributed by atoms with Crippen molar-refractivity contribution in [3.8, 4) is 11.8 Å². The van der Waals surface area contributed by atoms with E-state index in [9.17, 15) is 4.39 Å². The summed E-state index contributed by atoms with van der Waals surface area (Å²) in [5.41, 5.74) is 3.34. The number of aryl methyl sites for hydroxylation is 1. The molecule has 2 aromatic rings. The van der Waals surface area contributed by atoms with Crippen molar-refractivity contribution in [2.45, 2.75) is 32.2 Å². The van der Waals surface area contributed by atoms with Crippen molar-refractivity contribution in [1.82, 2.24) is 4.90 Å². The minimum atomic E-state index is -0.197. The van der Waals surface area contributed by atoms with Gasteiger partial charge in [0.2, 0.25) is 0 Å². The average molecular weight is 307 g/mol. The first-order valence-electron chi connectivity index (χ1n) is 8.30. The molecule has 0 radical (unpaired) electrons. The van der Waals surface area contributed by atoms with Gasteiger partial charge in [-0.2, -0.15) is 0 Å². The van der Waals surface area contributed by atoms with Crippen molar-refractivity contribution in [2.24, 2.45) is 0 Å². The maximum atomic E-state index is 13.2. The lowest BCUT2D eigenvalue weighted by atomic mass is 10.0. The van der Waals surface area contributed by atoms with Crippen LogP contribution >= 0.6 is 0 Å². The summed E-state index contributed by atoms with van der Waals surface area (Å²) in [5, 5.41) is 0. The molecule has 2 heteroatoms. The van der Waals surface area contributed by atoms with Gasteiger partial charge in [-0.05, 0) is 62.7 Å². The van der Waals surface area contributed by atoms with Crippen LogP contribution in [0.1, 0.15) is 42.0 Å². The molecule has 1 fully saturated rings. The van der Waals surface area contributed by atoms with E-state index in [1.807, 2.05) is 12.1 Å². The topological polar surface area (TPSA) is 3.24 Å². The summed E-state index contributed by atoms with van der Waals surface area (Å²) in [4.78, 5) is 2.41.